The Bertz CT molecular complexity index is 781. The summed E-state index contributed by atoms with van der Waals surface area (Å²) < 4.78 is 5.96. The SMILES string of the molecule is Cc1cc(C)c2nccc(Oc3cccc(N)c3)c2c1. The van der Waals surface area contributed by atoms with E-state index < -0.39 is 0 Å². The fraction of sp³-hybridized carbons (Fsp3) is 0.118. The standard InChI is InChI=1S/C17H16N2O/c1-11-8-12(2)17-15(9-11)16(6-7-19-17)20-14-5-3-4-13(18)10-14/h3-10H,18H2,1-2H3. The molecule has 1 aromatic heterocycles. The lowest BCUT2D eigenvalue weighted by Crippen LogP contribution is -1.91. The molecule has 0 aliphatic heterocycles. The first-order valence-corrected chi connectivity index (χ1v) is 6.53. The van der Waals surface area contributed by atoms with Crippen molar-refractivity contribution in [3.8, 4) is 11.5 Å². The van der Waals surface area contributed by atoms with Gasteiger partial charge in [-0.05, 0) is 49.2 Å². The van der Waals surface area contributed by atoms with E-state index in [0.29, 0.717) is 5.69 Å². The molecule has 3 heteroatoms. The van der Waals surface area contributed by atoms with Crippen molar-refractivity contribution in [1.29, 1.82) is 0 Å². The van der Waals surface area contributed by atoms with Crippen molar-refractivity contribution < 1.29 is 4.74 Å². The maximum atomic E-state index is 5.96. The van der Waals surface area contributed by atoms with Crippen molar-refractivity contribution in [2.24, 2.45) is 0 Å². The predicted octanol–water partition coefficient (Wildman–Crippen LogP) is 4.23. The van der Waals surface area contributed by atoms with Crippen LogP contribution in [-0.2, 0) is 0 Å². The topological polar surface area (TPSA) is 48.1 Å². The third-order valence-electron chi connectivity index (χ3n) is 3.23. The van der Waals surface area contributed by atoms with Gasteiger partial charge in [-0.1, -0.05) is 12.1 Å². The number of benzene rings is 2. The fourth-order valence-corrected chi connectivity index (χ4v) is 2.38. The second-order valence-corrected chi connectivity index (χ2v) is 4.96. The molecule has 20 heavy (non-hydrogen) atoms. The zero-order chi connectivity index (χ0) is 14.1. The number of anilines is 1. The molecule has 0 amide bonds. The molecule has 3 nitrogen and oxygen atoms in total. The molecule has 0 radical (unpaired) electrons. The molecule has 0 spiro atoms. The second-order valence-electron chi connectivity index (χ2n) is 4.96. The molecular weight excluding hydrogens is 248 g/mol. The summed E-state index contributed by atoms with van der Waals surface area (Å²) in [7, 11) is 0. The lowest BCUT2D eigenvalue weighted by molar-refractivity contribution is 0.488. The molecule has 3 rings (SSSR count). The Morgan fingerprint density at radius 2 is 1.90 bits per heavy atom. The van der Waals surface area contributed by atoms with Crippen molar-refractivity contribution in [3.63, 3.8) is 0 Å². The Labute approximate surface area is 118 Å². The first kappa shape index (κ1) is 12.5. The van der Waals surface area contributed by atoms with E-state index in [1.165, 1.54) is 5.56 Å². The summed E-state index contributed by atoms with van der Waals surface area (Å²) in [6.45, 7) is 4.14. The van der Waals surface area contributed by atoms with E-state index in [2.05, 4.69) is 31.0 Å². The zero-order valence-electron chi connectivity index (χ0n) is 11.6. The molecule has 0 atom stereocenters. The van der Waals surface area contributed by atoms with Gasteiger partial charge >= 0.3 is 0 Å². The minimum atomic E-state index is 0.688. The van der Waals surface area contributed by atoms with Gasteiger partial charge in [0.1, 0.15) is 11.5 Å². The second kappa shape index (κ2) is 4.85. The number of fused-ring (bicyclic) bond motifs is 1. The molecule has 0 aliphatic carbocycles. The molecular formula is C17H16N2O. The molecule has 0 bridgehead atoms. The van der Waals surface area contributed by atoms with Crippen molar-refractivity contribution in [2.75, 3.05) is 5.73 Å². The van der Waals surface area contributed by atoms with Crippen molar-refractivity contribution in [1.82, 2.24) is 4.98 Å². The van der Waals surface area contributed by atoms with E-state index in [9.17, 15) is 0 Å². The van der Waals surface area contributed by atoms with Crippen LogP contribution in [0.2, 0.25) is 0 Å². The van der Waals surface area contributed by atoms with Crippen LogP contribution in [0.25, 0.3) is 10.9 Å². The van der Waals surface area contributed by atoms with E-state index in [1.54, 1.807) is 6.20 Å². The van der Waals surface area contributed by atoms with E-state index in [0.717, 1.165) is 28.0 Å². The number of nitrogens with zero attached hydrogens (tertiary/aromatic N) is 1. The Kier molecular flexibility index (Phi) is 3.03. The Morgan fingerprint density at radius 3 is 2.70 bits per heavy atom. The van der Waals surface area contributed by atoms with Crippen LogP contribution in [0.5, 0.6) is 11.5 Å². The van der Waals surface area contributed by atoms with Crippen LogP contribution in [0.15, 0.2) is 48.7 Å². The Balaban J connectivity index is 2.12. The largest absolute Gasteiger partial charge is 0.457 e. The highest BCUT2D eigenvalue weighted by molar-refractivity contribution is 5.88. The monoisotopic (exact) mass is 264 g/mol. The highest BCUT2D eigenvalue weighted by Crippen LogP contribution is 2.31. The number of ether oxygens (including phenoxy) is 1. The average molecular weight is 264 g/mol. The highest BCUT2D eigenvalue weighted by atomic mass is 16.5. The predicted molar refractivity (Wildman–Crippen MR) is 82.1 cm³/mol. The van der Waals surface area contributed by atoms with Gasteiger partial charge in [-0.25, -0.2) is 0 Å². The Hall–Kier alpha value is -2.55. The summed E-state index contributed by atoms with van der Waals surface area (Å²) in [5.74, 6) is 1.53. The van der Waals surface area contributed by atoms with Crippen LogP contribution in [-0.4, -0.2) is 4.98 Å². The minimum Gasteiger partial charge on any atom is -0.457 e. The van der Waals surface area contributed by atoms with Crippen molar-refractivity contribution in [2.45, 2.75) is 13.8 Å². The van der Waals surface area contributed by atoms with Crippen molar-refractivity contribution >= 4 is 16.6 Å². The number of aryl methyl sites for hydroxylation is 2. The quantitative estimate of drug-likeness (QED) is 0.705. The first-order chi connectivity index (χ1) is 9.63. The average Bonchev–Trinajstić information content (AvgIpc) is 2.40. The number of hydrogen-bond acceptors (Lipinski definition) is 3. The normalized spacial score (nSPS) is 10.7. The molecule has 0 saturated carbocycles. The maximum absolute atomic E-state index is 5.96. The van der Waals surface area contributed by atoms with Crippen molar-refractivity contribution in [3.05, 3.63) is 59.8 Å². The van der Waals surface area contributed by atoms with Gasteiger partial charge < -0.3 is 10.5 Å². The number of pyridine rings is 1. The van der Waals surface area contributed by atoms with Crippen LogP contribution in [0, 0.1) is 13.8 Å². The van der Waals surface area contributed by atoms with Gasteiger partial charge in [-0.3, -0.25) is 4.98 Å². The molecule has 0 unspecified atom stereocenters. The van der Waals surface area contributed by atoms with E-state index in [4.69, 9.17) is 10.5 Å². The number of nitrogen functional groups attached to an aromatic ring is 1. The summed E-state index contributed by atoms with van der Waals surface area (Å²) in [5.41, 5.74) is 9.78. The highest BCUT2D eigenvalue weighted by Gasteiger charge is 2.07. The Morgan fingerprint density at radius 1 is 1.05 bits per heavy atom. The van der Waals surface area contributed by atoms with E-state index in [-0.39, 0.29) is 0 Å². The lowest BCUT2D eigenvalue weighted by Gasteiger charge is -2.11. The molecule has 0 saturated heterocycles. The smallest absolute Gasteiger partial charge is 0.138 e. The van der Waals surface area contributed by atoms with Crippen LogP contribution in [0.3, 0.4) is 0 Å². The maximum Gasteiger partial charge on any atom is 0.138 e. The van der Waals surface area contributed by atoms with Crippen LogP contribution in [0.1, 0.15) is 11.1 Å². The third kappa shape index (κ3) is 2.30. The van der Waals surface area contributed by atoms with Crippen LogP contribution >= 0.6 is 0 Å². The number of nitrogens with two attached hydrogens (primary N) is 1. The molecule has 2 N–H and O–H groups in total. The molecule has 0 aliphatic rings. The summed E-state index contributed by atoms with van der Waals surface area (Å²) in [6, 6.07) is 13.5. The molecule has 3 aromatic rings. The molecule has 0 fully saturated rings. The van der Waals surface area contributed by atoms with Gasteiger partial charge in [0.15, 0.2) is 0 Å². The van der Waals surface area contributed by atoms with Gasteiger partial charge in [0.05, 0.1) is 5.52 Å². The minimum absolute atomic E-state index is 0.688. The molecule has 1 heterocycles. The number of rotatable bonds is 2. The summed E-state index contributed by atoms with van der Waals surface area (Å²) >= 11 is 0. The molecule has 100 valence electrons. The summed E-state index contributed by atoms with van der Waals surface area (Å²) in [6.07, 6.45) is 1.77. The van der Waals surface area contributed by atoms with Crippen LogP contribution in [0.4, 0.5) is 5.69 Å². The van der Waals surface area contributed by atoms with Gasteiger partial charge in [-0.15, -0.1) is 0 Å². The van der Waals surface area contributed by atoms with E-state index >= 15 is 0 Å². The lowest BCUT2D eigenvalue weighted by atomic mass is 10.1. The first-order valence-electron chi connectivity index (χ1n) is 6.53. The summed E-state index contributed by atoms with van der Waals surface area (Å²) in [4.78, 5) is 4.44. The zero-order valence-corrected chi connectivity index (χ0v) is 11.6. The van der Waals surface area contributed by atoms with Gasteiger partial charge in [0, 0.05) is 23.3 Å². The number of hydrogen-bond donors (Lipinski definition) is 1. The van der Waals surface area contributed by atoms with E-state index in [1.807, 2.05) is 30.3 Å². The summed E-state index contributed by atoms with van der Waals surface area (Å²) in [5, 5.41) is 1.02. The van der Waals surface area contributed by atoms with Gasteiger partial charge in [0.25, 0.3) is 0 Å². The molecule has 2 aromatic carbocycles. The number of aromatic nitrogens is 1. The van der Waals surface area contributed by atoms with Gasteiger partial charge in [-0.2, -0.15) is 0 Å². The van der Waals surface area contributed by atoms with Gasteiger partial charge in [0.2, 0.25) is 0 Å². The fourth-order valence-electron chi connectivity index (χ4n) is 2.38. The third-order valence-corrected chi connectivity index (χ3v) is 3.23. The van der Waals surface area contributed by atoms with Crippen LogP contribution < -0.4 is 10.5 Å².